The summed E-state index contributed by atoms with van der Waals surface area (Å²) in [4.78, 5) is 10.6. The van der Waals surface area contributed by atoms with E-state index < -0.39 is 0 Å². The van der Waals surface area contributed by atoms with E-state index in [0.29, 0.717) is 0 Å². The lowest BCUT2D eigenvalue weighted by Crippen LogP contribution is -2.06. The SMILES string of the molecule is Cc1ccc2nc(/N=C/N(C)C)sc2c1. The summed E-state index contributed by atoms with van der Waals surface area (Å²) in [7, 11) is 3.89. The van der Waals surface area contributed by atoms with Crippen LogP contribution < -0.4 is 0 Å². The van der Waals surface area contributed by atoms with Crippen LogP contribution in [0.3, 0.4) is 0 Å². The van der Waals surface area contributed by atoms with Crippen LogP contribution in [0.5, 0.6) is 0 Å². The third-order valence-electron chi connectivity index (χ3n) is 1.93. The van der Waals surface area contributed by atoms with Gasteiger partial charge in [0.15, 0.2) is 0 Å². The third-order valence-corrected chi connectivity index (χ3v) is 2.86. The zero-order chi connectivity index (χ0) is 10.8. The Bertz CT molecular complexity index is 500. The molecule has 1 aromatic carbocycles. The van der Waals surface area contributed by atoms with Crippen LogP contribution in [0, 0.1) is 6.92 Å². The second-order valence-corrected chi connectivity index (χ2v) is 4.68. The van der Waals surface area contributed by atoms with Crippen molar-refractivity contribution in [1.82, 2.24) is 9.88 Å². The molecular formula is C11H13N3S. The second-order valence-electron chi connectivity index (χ2n) is 3.68. The number of hydrogen-bond acceptors (Lipinski definition) is 3. The Morgan fingerprint density at radius 3 is 2.93 bits per heavy atom. The molecule has 2 rings (SSSR count). The molecule has 0 saturated carbocycles. The number of fused-ring (bicyclic) bond motifs is 1. The Labute approximate surface area is 93.1 Å². The summed E-state index contributed by atoms with van der Waals surface area (Å²) in [6.07, 6.45) is 1.77. The Balaban J connectivity index is 2.39. The molecule has 1 heterocycles. The van der Waals surface area contributed by atoms with Crippen LogP contribution in [0.2, 0.25) is 0 Å². The van der Waals surface area contributed by atoms with E-state index in [4.69, 9.17) is 0 Å². The highest BCUT2D eigenvalue weighted by molar-refractivity contribution is 7.22. The molecular weight excluding hydrogens is 206 g/mol. The minimum Gasteiger partial charge on any atom is -0.369 e. The molecule has 0 amide bonds. The fourth-order valence-corrected chi connectivity index (χ4v) is 2.14. The van der Waals surface area contributed by atoms with Gasteiger partial charge in [-0.25, -0.2) is 9.98 Å². The maximum Gasteiger partial charge on any atom is 0.211 e. The maximum absolute atomic E-state index is 4.42. The number of rotatable bonds is 2. The minimum atomic E-state index is 0.810. The van der Waals surface area contributed by atoms with Gasteiger partial charge in [-0.05, 0) is 24.6 Å². The number of aromatic nitrogens is 1. The van der Waals surface area contributed by atoms with E-state index in [1.54, 1.807) is 17.7 Å². The molecule has 15 heavy (non-hydrogen) atoms. The quantitative estimate of drug-likeness (QED) is 0.574. The van der Waals surface area contributed by atoms with Crippen molar-refractivity contribution in [1.29, 1.82) is 0 Å². The number of aliphatic imine (C=N–C) groups is 1. The molecule has 0 N–H and O–H groups in total. The van der Waals surface area contributed by atoms with Crippen molar-refractivity contribution in [3.63, 3.8) is 0 Å². The van der Waals surface area contributed by atoms with E-state index in [1.165, 1.54) is 10.3 Å². The zero-order valence-electron chi connectivity index (χ0n) is 9.06. The Morgan fingerprint density at radius 1 is 1.40 bits per heavy atom. The van der Waals surface area contributed by atoms with E-state index in [9.17, 15) is 0 Å². The van der Waals surface area contributed by atoms with Crippen LogP contribution in [-0.4, -0.2) is 30.3 Å². The second kappa shape index (κ2) is 3.98. The van der Waals surface area contributed by atoms with E-state index >= 15 is 0 Å². The van der Waals surface area contributed by atoms with Gasteiger partial charge in [0.1, 0.15) is 0 Å². The zero-order valence-corrected chi connectivity index (χ0v) is 9.88. The molecule has 78 valence electrons. The lowest BCUT2D eigenvalue weighted by molar-refractivity contribution is 0.643. The van der Waals surface area contributed by atoms with Crippen LogP contribution in [0.15, 0.2) is 23.2 Å². The molecule has 0 atom stereocenters. The average Bonchev–Trinajstić information content (AvgIpc) is 2.56. The van der Waals surface area contributed by atoms with Crippen molar-refractivity contribution in [3.05, 3.63) is 23.8 Å². The number of hydrogen-bond donors (Lipinski definition) is 0. The van der Waals surface area contributed by atoms with Crippen molar-refractivity contribution in [3.8, 4) is 0 Å². The van der Waals surface area contributed by atoms with E-state index in [2.05, 4.69) is 29.0 Å². The molecule has 1 aromatic heterocycles. The summed E-state index contributed by atoms with van der Waals surface area (Å²) < 4.78 is 1.20. The van der Waals surface area contributed by atoms with Gasteiger partial charge in [-0.15, -0.1) is 0 Å². The lowest BCUT2D eigenvalue weighted by Gasteiger charge is -1.99. The highest BCUT2D eigenvalue weighted by atomic mass is 32.1. The highest BCUT2D eigenvalue weighted by Crippen LogP contribution is 2.28. The van der Waals surface area contributed by atoms with E-state index in [-0.39, 0.29) is 0 Å². The van der Waals surface area contributed by atoms with Crippen molar-refractivity contribution < 1.29 is 0 Å². The monoisotopic (exact) mass is 219 g/mol. The first-order chi connectivity index (χ1) is 7.15. The first kappa shape index (κ1) is 10.1. The van der Waals surface area contributed by atoms with E-state index in [0.717, 1.165) is 10.6 Å². The summed E-state index contributed by atoms with van der Waals surface area (Å²) in [5.74, 6) is 0. The lowest BCUT2D eigenvalue weighted by atomic mass is 10.2. The Morgan fingerprint density at radius 2 is 2.20 bits per heavy atom. The highest BCUT2D eigenvalue weighted by Gasteiger charge is 2.01. The van der Waals surface area contributed by atoms with Gasteiger partial charge < -0.3 is 4.90 Å². The predicted molar refractivity (Wildman–Crippen MR) is 66.2 cm³/mol. The van der Waals surface area contributed by atoms with E-state index in [1.807, 2.05) is 25.1 Å². The molecule has 0 saturated heterocycles. The minimum absolute atomic E-state index is 0.810. The summed E-state index contributed by atoms with van der Waals surface area (Å²) in [5, 5.41) is 0.810. The van der Waals surface area contributed by atoms with Gasteiger partial charge >= 0.3 is 0 Å². The van der Waals surface area contributed by atoms with Gasteiger partial charge in [0.25, 0.3) is 0 Å². The molecule has 0 bridgehead atoms. The molecule has 2 aromatic rings. The predicted octanol–water partition coefficient (Wildman–Crippen LogP) is 2.83. The molecule has 0 aliphatic rings. The van der Waals surface area contributed by atoms with Crippen LogP contribution in [-0.2, 0) is 0 Å². The molecule has 0 spiro atoms. The van der Waals surface area contributed by atoms with Gasteiger partial charge in [-0.2, -0.15) is 0 Å². The summed E-state index contributed by atoms with van der Waals surface area (Å²) >= 11 is 1.62. The molecule has 0 aliphatic carbocycles. The molecule has 0 aliphatic heterocycles. The summed E-state index contributed by atoms with van der Waals surface area (Å²) in [6.45, 7) is 2.09. The molecule has 0 fully saturated rings. The normalized spacial score (nSPS) is 11.4. The average molecular weight is 219 g/mol. The number of nitrogens with zero attached hydrogens (tertiary/aromatic N) is 3. The first-order valence-corrected chi connectivity index (χ1v) is 5.54. The summed E-state index contributed by atoms with van der Waals surface area (Å²) in [5.41, 5.74) is 2.28. The van der Waals surface area contributed by atoms with Crippen molar-refractivity contribution in [2.75, 3.05) is 14.1 Å². The van der Waals surface area contributed by atoms with Crippen molar-refractivity contribution in [2.45, 2.75) is 6.92 Å². The molecule has 0 unspecified atom stereocenters. The van der Waals surface area contributed by atoms with Gasteiger partial charge in [0, 0.05) is 14.1 Å². The number of aryl methyl sites for hydroxylation is 1. The van der Waals surface area contributed by atoms with Crippen molar-refractivity contribution >= 4 is 33.0 Å². The topological polar surface area (TPSA) is 28.5 Å². The van der Waals surface area contributed by atoms with Crippen LogP contribution in [0.1, 0.15) is 5.56 Å². The van der Waals surface area contributed by atoms with Gasteiger partial charge in [-0.1, -0.05) is 17.4 Å². The standard InChI is InChI=1S/C11H13N3S/c1-8-4-5-9-10(6-8)15-11(13-9)12-7-14(2)3/h4-7H,1-3H3/b12-7+. The van der Waals surface area contributed by atoms with Gasteiger partial charge in [-0.3, -0.25) is 0 Å². The number of benzene rings is 1. The molecule has 0 radical (unpaired) electrons. The first-order valence-electron chi connectivity index (χ1n) is 4.73. The van der Waals surface area contributed by atoms with Crippen LogP contribution in [0.25, 0.3) is 10.2 Å². The van der Waals surface area contributed by atoms with Gasteiger partial charge in [0.2, 0.25) is 5.13 Å². The third kappa shape index (κ3) is 2.33. The summed E-state index contributed by atoms with van der Waals surface area (Å²) in [6, 6.07) is 6.25. The van der Waals surface area contributed by atoms with Crippen molar-refractivity contribution in [2.24, 2.45) is 4.99 Å². The molecule has 4 heteroatoms. The Hall–Kier alpha value is -1.42. The molecule has 3 nitrogen and oxygen atoms in total. The smallest absolute Gasteiger partial charge is 0.211 e. The number of thiazole rings is 1. The van der Waals surface area contributed by atoms with Crippen LogP contribution >= 0.6 is 11.3 Å². The van der Waals surface area contributed by atoms with Crippen LogP contribution in [0.4, 0.5) is 5.13 Å². The fourth-order valence-electron chi connectivity index (χ4n) is 1.24. The Kier molecular flexibility index (Phi) is 2.68. The fraction of sp³-hybridized carbons (Fsp3) is 0.273. The largest absolute Gasteiger partial charge is 0.369 e. The van der Waals surface area contributed by atoms with Gasteiger partial charge in [0.05, 0.1) is 16.6 Å². The maximum atomic E-state index is 4.42.